The maximum absolute atomic E-state index is 13.0. The van der Waals surface area contributed by atoms with E-state index in [4.69, 9.17) is 4.42 Å². The number of aryl methyl sites for hydroxylation is 1. The molecular formula is C20H17N3O2S. The minimum absolute atomic E-state index is 0.0594. The molecule has 0 saturated carbocycles. The third-order valence-corrected chi connectivity index (χ3v) is 5.63. The van der Waals surface area contributed by atoms with Crippen LogP contribution in [0.4, 0.5) is 0 Å². The number of furan rings is 1. The van der Waals surface area contributed by atoms with Crippen molar-refractivity contribution in [3.05, 3.63) is 71.2 Å². The zero-order chi connectivity index (χ0) is 18.1. The number of carbonyl (C=O) groups is 1. The molecule has 0 spiro atoms. The molecule has 4 rings (SSSR count). The number of nitrogens with zero attached hydrogens (tertiary/aromatic N) is 2. The van der Waals surface area contributed by atoms with Crippen LogP contribution in [0.5, 0.6) is 0 Å². The summed E-state index contributed by atoms with van der Waals surface area (Å²) < 4.78 is 7.44. The number of thioether (sulfide) groups is 1. The van der Waals surface area contributed by atoms with Crippen molar-refractivity contribution in [3.63, 3.8) is 0 Å². The van der Waals surface area contributed by atoms with Crippen molar-refractivity contribution < 1.29 is 9.21 Å². The van der Waals surface area contributed by atoms with Crippen LogP contribution in [0.25, 0.3) is 5.88 Å². The molecule has 3 heterocycles. The number of nitrogens with one attached hydrogen (secondary N) is 1. The van der Waals surface area contributed by atoms with E-state index in [1.54, 1.807) is 35.6 Å². The van der Waals surface area contributed by atoms with E-state index in [1.165, 1.54) is 4.90 Å². The Labute approximate surface area is 155 Å². The van der Waals surface area contributed by atoms with E-state index >= 15 is 0 Å². The Balaban J connectivity index is 1.67. The average molecular weight is 363 g/mol. The SMILES string of the molecule is Cc1oc(-n2cccc2)c(C#N)c1C(=O)N[C@H]1CCSc2ccccc21. The lowest BCUT2D eigenvalue weighted by molar-refractivity contribution is 0.0933. The average Bonchev–Trinajstić information content (AvgIpc) is 3.29. The van der Waals surface area contributed by atoms with Gasteiger partial charge in [-0.1, -0.05) is 18.2 Å². The molecule has 2 aromatic heterocycles. The predicted molar refractivity (Wildman–Crippen MR) is 99.5 cm³/mol. The quantitative estimate of drug-likeness (QED) is 0.756. The molecule has 0 unspecified atom stereocenters. The zero-order valence-corrected chi connectivity index (χ0v) is 15.0. The van der Waals surface area contributed by atoms with Crippen LogP contribution >= 0.6 is 11.8 Å². The summed E-state index contributed by atoms with van der Waals surface area (Å²) >= 11 is 1.80. The van der Waals surface area contributed by atoms with Gasteiger partial charge < -0.3 is 9.73 Å². The van der Waals surface area contributed by atoms with Gasteiger partial charge in [-0.15, -0.1) is 11.8 Å². The first-order chi connectivity index (χ1) is 12.7. The Kier molecular flexibility index (Phi) is 4.31. The fourth-order valence-corrected chi connectivity index (χ4v) is 4.41. The third-order valence-electron chi connectivity index (χ3n) is 4.51. The van der Waals surface area contributed by atoms with Crippen molar-refractivity contribution in [1.29, 1.82) is 5.26 Å². The highest BCUT2D eigenvalue weighted by Crippen LogP contribution is 2.36. The van der Waals surface area contributed by atoms with Gasteiger partial charge in [0.05, 0.1) is 6.04 Å². The second-order valence-corrected chi connectivity index (χ2v) is 7.25. The van der Waals surface area contributed by atoms with Crippen LogP contribution < -0.4 is 5.32 Å². The lowest BCUT2D eigenvalue weighted by Crippen LogP contribution is -2.31. The van der Waals surface area contributed by atoms with E-state index in [2.05, 4.69) is 17.5 Å². The van der Waals surface area contributed by atoms with Gasteiger partial charge in [0.15, 0.2) is 0 Å². The Hall–Kier alpha value is -2.91. The number of carbonyl (C=O) groups excluding carboxylic acids is 1. The molecule has 1 atom stereocenters. The molecule has 1 N–H and O–H groups in total. The van der Waals surface area contributed by atoms with Gasteiger partial charge in [0.1, 0.15) is 23.0 Å². The molecule has 26 heavy (non-hydrogen) atoms. The van der Waals surface area contributed by atoms with Crippen molar-refractivity contribution in [2.75, 3.05) is 5.75 Å². The van der Waals surface area contributed by atoms with Crippen molar-refractivity contribution in [3.8, 4) is 12.0 Å². The number of benzene rings is 1. The van der Waals surface area contributed by atoms with Gasteiger partial charge in [-0.05, 0) is 37.1 Å². The zero-order valence-electron chi connectivity index (χ0n) is 14.2. The van der Waals surface area contributed by atoms with Gasteiger partial charge in [0.25, 0.3) is 5.91 Å². The second kappa shape index (κ2) is 6.77. The molecule has 0 bridgehead atoms. The summed E-state index contributed by atoms with van der Waals surface area (Å²) in [4.78, 5) is 14.2. The molecule has 1 amide bonds. The third kappa shape index (κ3) is 2.80. The number of hydrogen-bond acceptors (Lipinski definition) is 4. The largest absolute Gasteiger partial charge is 0.443 e. The molecule has 6 heteroatoms. The molecule has 3 aromatic rings. The van der Waals surface area contributed by atoms with Crippen molar-refractivity contribution in [2.45, 2.75) is 24.3 Å². The summed E-state index contributed by atoms with van der Waals surface area (Å²) in [6.07, 6.45) is 4.43. The van der Waals surface area contributed by atoms with Crippen LogP contribution in [-0.2, 0) is 0 Å². The van der Waals surface area contributed by atoms with Crippen molar-refractivity contribution >= 4 is 17.7 Å². The fraction of sp³-hybridized carbons (Fsp3) is 0.200. The van der Waals surface area contributed by atoms with Crippen LogP contribution in [0, 0.1) is 18.3 Å². The van der Waals surface area contributed by atoms with Crippen LogP contribution in [0.2, 0.25) is 0 Å². The minimum Gasteiger partial charge on any atom is -0.443 e. The summed E-state index contributed by atoms with van der Waals surface area (Å²) in [5.41, 5.74) is 1.70. The highest BCUT2D eigenvalue weighted by atomic mass is 32.2. The summed E-state index contributed by atoms with van der Waals surface area (Å²) in [5.74, 6) is 1.50. The van der Waals surface area contributed by atoms with Gasteiger partial charge in [-0.2, -0.15) is 5.26 Å². The van der Waals surface area contributed by atoms with E-state index < -0.39 is 0 Å². The standard InChI is InChI=1S/C20H17N3O2S/c1-13-18(15(12-21)20(25-13)23-9-4-5-10-23)19(24)22-16-8-11-26-17-7-3-2-6-14(16)17/h2-7,9-10,16H,8,11H2,1H3,(H,22,24)/t16-/m0/s1. The number of rotatable bonds is 3. The first-order valence-electron chi connectivity index (χ1n) is 8.38. The first kappa shape index (κ1) is 16.6. The molecule has 1 aliphatic rings. The van der Waals surface area contributed by atoms with Crippen LogP contribution in [-0.4, -0.2) is 16.2 Å². The van der Waals surface area contributed by atoms with E-state index in [0.717, 1.165) is 17.7 Å². The van der Waals surface area contributed by atoms with E-state index in [-0.39, 0.29) is 17.5 Å². The monoisotopic (exact) mass is 363 g/mol. The fourth-order valence-electron chi connectivity index (χ4n) is 3.28. The smallest absolute Gasteiger partial charge is 0.256 e. The first-order valence-corrected chi connectivity index (χ1v) is 9.37. The van der Waals surface area contributed by atoms with Gasteiger partial charge >= 0.3 is 0 Å². The lowest BCUT2D eigenvalue weighted by Gasteiger charge is -2.25. The van der Waals surface area contributed by atoms with Crippen LogP contribution in [0.15, 0.2) is 58.1 Å². The lowest BCUT2D eigenvalue weighted by atomic mass is 10.0. The number of hydrogen-bond donors (Lipinski definition) is 1. The van der Waals surface area contributed by atoms with Crippen LogP contribution in [0.3, 0.4) is 0 Å². The predicted octanol–water partition coefficient (Wildman–Crippen LogP) is 4.22. The normalized spacial score (nSPS) is 15.9. The van der Waals surface area contributed by atoms with E-state index in [9.17, 15) is 10.1 Å². The Morgan fingerprint density at radius 3 is 2.85 bits per heavy atom. The Bertz CT molecular complexity index is 999. The Morgan fingerprint density at radius 1 is 1.31 bits per heavy atom. The number of aromatic nitrogens is 1. The summed E-state index contributed by atoms with van der Waals surface area (Å²) in [6.45, 7) is 1.72. The van der Waals surface area contributed by atoms with Gasteiger partial charge in [0, 0.05) is 23.0 Å². The molecule has 0 saturated heterocycles. The van der Waals surface area contributed by atoms with E-state index in [0.29, 0.717) is 17.2 Å². The highest BCUT2D eigenvalue weighted by molar-refractivity contribution is 7.99. The molecule has 0 aliphatic carbocycles. The van der Waals surface area contributed by atoms with E-state index in [1.807, 2.05) is 30.3 Å². The molecule has 130 valence electrons. The minimum atomic E-state index is -0.270. The van der Waals surface area contributed by atoms with Gasteiger partial charge in [-0.25, -0.2) is 0 Å². The number of fused-ring (bicyclic) bond motifs is 1. The highest BCUT2D eigenvalue weighted by Gasteiger charge is 2.28. The number of amides is 1. The maximum Gasteiger partial charge on any atom is 0.256 e. The molecule has 1 aliphatic heterocycles. The summed E-state index contributed by atoms with van der Waals surface area (Å²) in [6, 6.07) is 13.9. The summed E-state index contributed by atoms with van der Waals surface area (Å²) in [5, 5.41) is 12.7. The molecule has 1 aromatic carbocycles. The van der Waals surface area contributed by atoms with Gasteiger partial charge in [-0.3, -0.25) is 9.36 Å². The summed E-state index contributed by atoms with van der Waals surface area (Å²) in [7, 11) is 0. The van der Waals surface area contributed by atoms with Crippen LogP contribution in [0.1, 0.15) is 39.7 Å². The van der Waals surface area contributed by atoms with Crippen molar-refractivity contribution in [2.24, 2.45) is 0 Å². The maximum atomic E-state index is 13.0. The van der Waals surface area contributed by atoms with Crippen molar-refractivity contribution in [1.82, 2.24) is 9.88 Å². The molecular weight excluding hydrogens is 346 g/mol. The molecule has 0 fully saturated rings. The number of nitriles is 1. The van der Waals surface area contributed by atoms with Gasteiger partial charge in [0.2, 0.25) is 5.88 Å². The second-order valence-electron chi connectivity index (χ2n) is 6.12. The molecule has 5 nitrogen and oxygen atoms in total. The Morgan fingerprint density at radius 2 is 2.08 bits per heavy atom. The molecule has 0 radical (unpaired) electrons. The topological polar surface area (TPSA) is 71.0 Å².